The maximum Gasteiger partial charge on any atom is 0.224 e. The van der Waals surface area contributed by atoms with Crippen LogP contribution in [0.15, 0.2) is 12.4 Å². The lowest BCUT2D eigenvalue weighted by Gasteiger charge is -2.18. The minimum atomic E-state index is -0.0819. The topological polar surface area (TPSA) is 78.2 Å². The zero-order valence-corrected chi connectivity index (χ0v) is 16.7. The standard InChI is InChI=1S/C21H28N4O3/c1-14-16(11-20(27)23-12-19-22-8-9-24(19)2)21-17(6-3-7-18(21)26)25(14)13-15-5-4-10-28-15/h8-9,15H,3-7,10-13H2,1-2H3,(H,23,27)/t15-/m1/s1. The molecule has 1 fully saturated rings. The van der Waals surface area contributed by atoms with Gasteiger partial charge in [0.25, 0.3) is 0 Å². The molecule has 0 unspecified atom stereocenters. The second kappa shape index (κ2) is 7.91. The monoisotopic (exact) mass is 384 g/mol. The number of rotatable bonds is 6. The Morgan fingerprint density at radius 3 is 2.93 bits per heavy atom. The van der Waals surface area contributed by atoms with E-state index in [-0.39, 0.29) is 24.2 Å². The summed E-state index contributed by atoms with van der Waals surface area (Å²) in [6, 6.07) is 0. The van der Waals surface area contributed by atoms with Gasteiger partial charge in [-0.1, -0.05) is 0 Å². The van der Waals surface area contributed by atoms with E-state index in [9.17, 15) is 9.59 Å². The van der Waals surface area contributed by atoms with E-state index in [0.717, 1.165) is 67.2 Å². The smallest absolute Gasteiger partial charge is 0.224 e. The lowest BCUT2D eigenvalue weighted by Crippen LogP contribution is -2.27. The van der Waals surface area contributed by atoms with E-state index >= 15 is 0 Å². The van der Waals surface area contributed by atoms with Gasteiger partial charge in [-0.2, -0.15) is 0 Å². The van der Waals surface area contributed by atoms with Crippen LogP contribution in [0, 0.1) is 6.92 Å². The van der Waals surface area contributed by atoms with Crippen molar-refractivity contribution >= 4 is 11.7 Å². The average Bonchev–Trinajstić information content (AvgIpc) is 3.38. The molecule has 7 heteroatoms. The Kier molecular flexibility index (Phi) is 5.35. The van der Waals surface area contributed by atoms with Crippen LogP contribution in [0.2, 0.25) is 0 Å². The van der Waals surface area contributed by atoms with Crippen LogP contribution in [0.1, 0.15) is 58.8 Å². The summed E-state index contributed by atoms with van der Waals surface area (Å²) in [4.78, 5) is 29.5. The number of hydrogen-bond donors (Lipinski definition) is 1. The molecular formula is C21H28N4O3. The van der Waals surface area contributed by atoms with E-state index < -0.39 is 0 Å². The average molecular weight is 384 g/mol. The molecule has 7 nitrogen and oxygen atoms in total. The highest BCUT2D eigenvalue weighted by Crippen LogP contribution is 2.31. The number of aryl methyl sites for hydroxylation is 1. The van der Waals surface area contributed by atoms with Crippen molar-refractivity contribution in [3.05, 3.63) is 40.7 Å². The van der Waals surface area contributed by atoms with E-state index in [1.807, 2.05) is 24.7 Å². The summed E-state index contributed by atoms with van der Waals surface area (Å²) in [6.07, 6.45) is 8.49. The molecule has 0 radical (unpaired) electrons. The van der Waals surface area contributed by atoms with Crippen LogP contribution in [-0.2, 0) is 42.5 Å². The van der Waals surface area contributed by atoms with Gasteiger partial charge in [-0.3, -0.25) is 9.59 Å². The van der Waals surface area contributed by atoms with Crippen molar-refractivity contribution in [1.82, 2.24) is 19.4 Å². The van der Waals surface area contributed by atoms with Crippen molar-refractivity contribution in [2.75, 3.05) is 6.61 Å². The number of Topliss-reactive ketones (excluding diaryl/α,β-unsaturated/α-hetero) is 1. The van der Waals surface area contributed by atoms with Crippen molar-refractivity contribution < 1.29 is 14.3 Å². The normalized spacial score (nSPS) is 19.1. The van der Waals surface area contributed by atoms with Crippen molar-refractivity contribution in [2.45, 2.75) is 64.6 Å². The number of nitrogens with zero attached hydrogens (tertiary/aromatic N) is 3. The first-order valence-corrected chi connectivity index (χ1v) is 10.1. The van der Waals surface area contributed by atoms with Crippen LogP contribution in [0.5, 0.6) is 0 Å². The Bertz CT molecular complexity index is 890. The molecule has 2 aromatic heterocycles. The number of hydrogen-bond acceptors (Lipinski definition) is 4. The Morgan fingerprint density at radius 1 is 1.36 bits per heavy atom. The summed E-state index contributed by atoms with van der Waals surface area (Å²) in [5, 5.41) is 2.94. The maximum atomic E-state index is 12.7. The van der Waals surface area contributed by atoms with Crippen LogP contribution >= 0.6 is 0 Å². The minimum Gasteiger partial charge on any atom is -0.376 e. The van der Waals surface area contributed by atoms with Gasteiger partial charge in [0.1, 0.15) is 5.82 Å². The Morgan fingerprint density at radius 2 is 2.21 bits per heavy atom. The summed E-state index contributed by atoms with van der Waals surface area (Å²) in [5.41, 5.74) is 3.79. The number of amides is 1. The SMILES string of the molecule is Cc1c(CC(=O)NCc2nccn2C)c2c(n1C[C@H]1CCCO1)CCCC2=O. The van der Waals surface area contributed by atoms with Gasteiger partial charge >= 0.3 is 0 Å². The highest BCUT2D eigenvalue weighted by Gasteiger charge is 2.30. The molecule has 2 aliphatic rings. The molecule has 1 saturated heterocycles. The molecule has 0 spiro atoms. The lowest BCUT2D eigenvalue weighted by atomic mass is 9.92. The molecule has 1 amide bonds. The van der Waals surface area contributed by atoms with Gasteiger partial charge in [-0.25, -0.2) is 4.98 Å². The molecule has 0 saturated carbocycles. The quantitative estimate of drug-likeness (QED) is 0.827. The van der Waals surface area contributed by atoms with Gasteiger partial charge in [0.2, 0.25) is 5.91 Å². The molecule has 28 heavy (non-hydrogen) atoms. The molecular weight excluding hydrogens is 356 g/mol. The summed E-state index contributed by atoms with van der Waals surface area (Å²) < 4.78 is 9.94. The largest absolute Gasteiger partial charge is 0.376 e. The molecule has 2 aromatic rings. The summed E-state index contributed by atoms with van der Waals surface area (Å²) in [5.74, 6) is 0.892. The minimum absolute atomic E-state index is 0.0819. The highest BCUT2D eigenvalue weighted by atomic mass is 16.5. The predicted octanol–water partition coefficient (Wildman–Crippen LogP) is 2.09. The van der Waals surface area contributed by atoms with Crippen molar-refractivity contribution in [1.29, 1.82) is 0 Å². The summed E-state index contributed by atoms with van der Waals surface area (Å²) in [7, 11) is 1.90. The Labute approximate surface area is 165 Å². The van der Waals surface area contributed by atoms with Crippen molar-refractivity contribution in [3.63, 3.8) is 0 Å². The van der Waals surface area contributed by atoms with E-state index in [2.05, 4.69) is 14.9 Å². The van der Waals surface area contributed by atoms with Crippen LogP contribution in [0.4, 0.5) is 0 Å². The molecule has 1 aliphatic carbocycles. The lowest BCUT2D eigenvalue weighted by molar-refractivity contribution is -0.120. The number of fused-ring (bicyclic) bond motifs is 1. The molecule has 3 heterocycles. The fraction of sp³-hybridized carbons (Fsp3) is 0.571. The maximum absolute atomic E-state index is 12.7. The van der Waals surface area contributed by atoms with E-state index in [0.29, 0.717) is 13.0 Å². The summed E-state index contributed by atoms with van der Waals surface area (Å²) >= 11 is 0. The zero-order chi connectivity index (χ0) is 19.7. The third-order valence-electron chi connectivity index (χ3n) is 5.97. The third kappa shape index (κ3) is 3.63. The molecule has 1 atom stereocenters. The number of nitrogens with one attached hydrogen (secondary N) is 1. The van der Waals surface area contributed by atoms with Gasteiger partial charge in [0.05, 0.1) is 19.1 Å². The number of carbonyl (C=O) groups excluding carboxylic acids is 2. The van der Waals surface area contributed by atoms with E-state index in [1.165, 1.54) is 0 Å². The van der Waals surface area contributed by atoms with Crippen LogP contribution in [0.25, 0.3) is 0 Å². The van der Waals surface area contributed by atoms with Gasteiger partial charge in [-0.15, -0.1) is 0 Å². The first kappa shape index (κ1) is 18.9. The predicted molar refractivity (Wildman–Crippen MR) is 104 cm³/mol. The number of ketones is 1. The number of carbonyl (C=O) groups is 2. The van der Waals surface area contributed by atoms with Crippen LogP contribution in [0.3, 0.4) is 0 Å². The second-order valence-corrected chi connectivity index (χ2v) is 7.82. The van der Waals surface area contributed by atoms with E-state index in [4.69, 9.17) is 4.74 Å². The fourth-order valence-corrected chi connectivity index (χ4v) is 4.41. The number of aromatic nitrogens is 3. The highest BCUT2D eigenvalue weighted by molar-refractivity contribution is 6.01. The van der Waals surface area contributed by atoms with Crippen LogP contribution < -0.4 is 5.32 Å². The van der Waals surface area contributed by atoms with Gasteiger partial charge in [0.15, 0.2) is 5.78 Å². The first-order chi connectivity index (χ1) is 13.5. The molecule has 1 N–H and O–H groups in total. The van der Waals surface area contributed by atoms with Gasteiger partial charge in [-0.05, 0) is 38.2 Å². The van der Waals surface area contributed by atoms with Gasteiger partial charge in [0, 0.05) is 56.0 Å². The van der Waals surface area contributed by atoms with Crippen molar-refractivity contribution in [3.8, 4) is 0 Å². The molecule has 1 aliphatic heterocycles. The summed E-state index contributed by atoms with van der Waals surface area (Å²) in [6.45, 7) is 4.00. The molecule has 150 valence electrons. The molecule has 4 rings (SSSR count). The van der Waals surface area contributed by atoms with Gasteiger partial charge < -0.3 is 19.2 Å². The Balaban J connectivity index is 1.55. The number of imidazole rings is 1. The second-order valence-electron chi connectivity index (χ2n) is 7.82. The van der Waals surface area contributed by atoms with Crippen molar-refractivity contribution in [2.24, 2.45) is 7.05 Å². The fourth-order valence-electron chi connectivity index (χ4n) is 4.41. The Hall–Kier alpha value is -2.41. The zero-order valence-electron chi connectivity index (χ0n) is 16.7. The van der Waals surface area contributed by atoms with E-state index in [1.54, 1.807) is 6.20 Å². The third-order valence-corrected chi connectivity index (χ3v) is 5.97. The molecule has 0 bridgehead atoms. The number of ether oxygens (including phenoxy) is 1. The first-order valence-electron chi connectivity index (χ1n) is 10.1. The van der Waals surface area contributed by atoms with Crippen LogP contribution in [-0.4, -0.2) is 38.5 Å². The molecule has 0 aromatic carbocycles.